The number of benzene rings is 20. The largest absolute Gasteiger partial charge is 0.309 e. The summed E-state index contributed by atoms with van der Waals surface area (Å²) in [6.45, 7) is 0. The molecule has 8 aromatic heterocycles. The number of pyridine rings is 1. The van der Waals surface area contributed by atoms with Gasteiger partial charge in [0.05, 0.1) is 78.4 Å². The normalized spacial score (nSPS) is 11.5. The Balaban J connectivity index is 0.000000113. The lowest BCUT2D eigenvalue weighted by Crippen LogP contribution is -1.99. The van der Waals surface area contributed by atoms with E-state index in [1.807, 2.05) is 54.9 Å². The lowest BCUT2D eigenvalue weighted by Gasteiger charge is -2.15. The number of tetrazole rings is 1. The Kier molecular flexibility index (Phi) is 21.6. The number of hydrogen-bond donors (Lipinski definition) is 0. The van der Waals surface area contributed by atoms with Crippen LogP contribution in [-0.2, 0) is 0 Å². The zero-order chi connectivity index (χ0) is 95.3. The lowest BCUT2D eigenvalue weighted by atomic mass is 9.95. The molecule has 144 heavy (non-hydrogen) atoms. The standard InChI is InChI=1S/C55H36N4.C45H30N4.C31H21N5/c1-2-14-42(15-3-1)59-54-25-13-8-20-49(54)56-55(59)41-35-39(37-26-30-43(31-27-37)57-50-21-9-4-16-45(50)46-17-5-10-22-51(46)57)34-40(36-41)38-28-32-44(33-29-38)58-52-23-11-6-18-47(52)48-19-7-12-24-53(48)58;1-3-9-31(10-4-1)33-15-19-35(20-16-33)41-29-42(48-45(47-41)37-21-17-34(18-22-37)32-11-5-2-6-12-32)36-23-25-38(26-24-36)49-43-14-8-7-13-39(43)40-27-28-46-30-44(40)49;1-2-8-24(9-3-1)31-32-33-34-36(31)26-20-16-23(17-21-26)22-14-18-25(19-15-22)35-29-12-6-4-10-27(29)28-11-5-7-13-30(28)35/h1-36H;1-30H;1-21H. The van der Waals surface area contributed by atoms with Crippen molar-refractivity contribution in [3.05, 3.63) is 528 Å². The number of rotatable bonds is 16. The van der Waals surface area contributed by atoms with E-state index in [1.54, 1.807) is 4.68 Å². The summed E-state index contributed by atoms with van der Waals surface area (Å²) >= 11 is 0. The maximum Gasteiger partial charge on any atom is 0.187 e. The molecule has 676 valence electrons. The molecule has 20 aromatic carbocycles. The van der Waals surface area contributed by atoms with E-state index >= 15 is 0 Å². The van der Waals surface area contributed by atoms with Crippen LogP contribution in [0.4, 0.5) is 0 Å². The van der Waals surface area contributed by atoms with Gasteiger partial charge in [0.25, 0.3) is 0 Å². The highest BCUT2D eigenvalue weighted by Gasteiger charge is 2.23. The van der Waals surface area contributed by atoms with E-state index < -0.39 is 0 Å². The number of nitrogens with zero attached hydrogens (tertiary/aromatic N) is 13. The molecule has 0 bridgehead atoms. The Bertz CT molecular complexity index is 9140. The first-order valence-electron chi connectivity index (χ1n) is 48.5. The third-order valence-electron chi connectivity index (χ3n) is 27.7. The summed E-state index contributed by atoms with van der Waals surface area (Å²) in [4.78, 5) is 20.0. The number of aromatic nitrogens is 13. The molecule has 8 heterocycles. The third kappa shape index (κ3) is 15.7. The second-order valence-corrected chi connectivity index (χ2v) is 36.1. The van der Waals surface area contributed by atoms with Crippen LogP contribution >= 0.6 is 0 Å². The summed E-state index contributed by atoms with van der Waals surface area (Å²) in [5, 5.41) is 22.3. The second kappa shape index (κ2) is 36.7. The Morgan fingerprint density at radius 1 is 0.167 bits per heavy atom. The zero-order valence-corrected chi connectivity index (χ0v) is 78.0. The summed E-state index contributed by atoms with van der Waals surface area (Å²) in [6, 6.07) is 182. The van der Waals surface area contributed by atoms with Crippen LogP contribution in [0.25, 0.3) is 245 Å². The van der Waals surface area contributed by atoms with Gasteiger partial charge in [0.15, 0.2) is 11.6 Å². The molecule has 28 rings (SSSR count). The highest BCUT2D eigenvalue weighted by Crippen LogP contribution is 2.43. The first kappa shape index (κ1) is 84.8. The number of imidazole rings is 1. The second-order valence-electron chi connectivity index (χ2n) is 36.1. The fourth-order valence-electron chi connectivity index (χ4n) is 20.7. The molecule has 0 spiro atoms. The molecule has 13 heteroatoms. The summed E-state index contributed by atoms with van der Waals surface area (Å²) in [5.41, 5.74) is 36.4. The quantitative estimate of drug-likeness (QED) is 0.0945. The number of hydrogen-bond acceptors (Lipinski definition) is 7. The topological polar surface area (TPSA) is 120 Å². The van der Waals surface area contributed by atoms with Crippen molar-refractivity contribution >= 4 is 98.3 Å². The van der Waals surface area contributed by atoms with Crippen molar-refractivity contribution < 1.29 is 0 Å². The molecule has 0 saturated heterocycles. The average Bonchev–Trinajstić information content (AvgIpc) is 1.60. The predicted molar refractivity (Wildman–Crippen MR) is 592 cm³/mol. The van der Waals surface area contributed by atoms with Crippen molar-refractivity contribution in [2.45, 2.75) is 0 Å². The molecule has 0 atom stereocenters. The van der Waals surface area contributed by atoms with Gasteiger partial charge in [0, 0.05) is 106 Å². The zero-order valence-electron chi connectivity index (χ0n) is 78.0. The van der Waals surface area contributed by atoms with Crippen LogP contribution in [-0.4, -0.2) is 63.0 Å². The van der Waals surface area contributed by atoms with Gasteiger partial charge in [0.2, 0.25) is 0 Å². The molecule has 0 N–H and O–H groups in total. The van der Waals surface area contributed by atoms with Crippen LogP contribution in [0.2, 0.25) is 0 Å². The van der Waals surface area contributed by atoms with Crippen LogP contribution in [0.1, 0.15) is 0 Å². The minimum atomic E-state index is 0.691. The fraction of sp³-hybridized carbons (Fsp3) is 0. The molecule has 0 unspecified atom stereocenters. The van der Waals surface area contributed by atoms with Crippen molar-refractivity contribution in [3.63, 3.8) is 0 Å². The van der Waals surface area contributed by atoms with Gasteiger partial charge in [-0.2, -0.15) is 4.68 Å². The van der Waals surface area contributed by atoms with Gasteiger partial charge in [-0.05, 0) is 224 Å². The van der Waals surface area contributed by atoms with Gasteiger partial charge in [0.1, 0.15) is 5.82 Å². The molecule has 13 nitrogen and oxygen atoms in total. The number of para-hydroxylation sites is 10. The van der Waals surface area contributed by atoms with E-state index in [-0.39, 0.29) is 0 Å². The molecule has 0 radical (unpaired) electrons. The summed E-state index contributed by atoms with van der Waals surface area (Å²) in [7, 11) is 0. The minimum absolute atomic E-state index is 0.691. The maximum absolute atomic E-state index is 5.30. The molecule has 0 saturated carbocycles. The lowest BCUT2D eigenvalue weighted by molar-refractivity contribution is 0.791. The molecule has 0 aliphatic heterocycles. The molecule has 28 aromatic rings. The average molecular weight is 1840 g/mol. The summed E-state index contributed by atoms with van der Waals surface area (Å²) < 4.78 is 13.4. The maximum atomic E-state index is 5.30. The molecule has 0 aliphatic carbocycles. The van der Waals surface area contributed by atoms with Gasteiger partial charge < -0.3 is 18.3 Å². The molecule has 0 aliphatic rings. The van der Waals surface area contributed by atoms with Crippen LogP contribution < -0.4 is 0 Å². The van der Waals surface area contributed by atoms with Crippen molar-refractivity contribution in [3.8, 4) is 146 Å². The Labute approximate surface area is 830 Å². The monoisotopic (exact) mass is 1840 g/mol. The molecular formula is C131H87N13. The Morgan fingerprint density at radius 2 is 0.444 bits per heavy atom. The summed E-state index contributed by atoms with van der Waals surface area (Å²) in [5.74, 6) is 2.32. The van der Waals surface area contributed by atoms with E-state index in [4.69, 9.17) is 15.0 Å². The van der Waals surface area contributed by atoms with E-state index in [0.29, 0.717) is 5.82 Å². The third-order valence-corrected chi connectivity index (χ3v) is 27.7. The molecule has 0 amide bonds. The van der Waals surface area contributed by atoms with Crippen molar-refractivity contribution in [1.82, 2.24) is 63.0 Å². The van der Waals surface area contributed by atoms with Crippen LogP contribution in [0, 0.1) is 0 Å². The van der Waals surface area contributed by atoms with Crippen molar-refractivity contribution in [1.29, 1.82) is 0 Å². The highest BCUT2D eigenvalue weighted by molar-refractivity contribution is 6.13. The first-order valence-corrected chi connectivity index (χ1v) is 48.5. The van der Waals surface area contributed by atoms with Gasteiger partial charge in [-0.25, -0.2) is 15.0 Å². The van der Waals surface area contributed by atoms with Crippen LogP contribution in [0.3, 0.4) is 0 Å². The molecule has 0 fully saturated rings. The van der Waals surface area contributed by atoms with Crippen LogP contribution in [0.5, 0.6) is 0 Å². The SMILES string of the molecule is c1ccc(-c2ccc(-c3cc(-c4ccc(-n5c6ccccc6c6ccncc65)cc4)nc(-c4ccc(-c5ccccc5)cc4)n3)cc2)cc1.c1ccc(-c2nnnn2-c2ccc(-c3ccc(-n4c5ccccc5c5ccccc54)cc3)cc2)cc1.c1ccc(-n2c(-c3cc(-c4ccc(-n5c6ccccc6c6ccccc65)cc4)cc(-c4ccc(-n5c6ccccc6c6ccccc65)cc4)c3)nc3ccccc32)cc1. The predicted octanol–water partition coefficient (Wildman–Crippen LogP) is 32.6. The molecular weight excluding hydrogens is 1760 g/mol. The fourth-order valence-corrected chi connectivity index (χ4v) is 20.7. The number of fused-ring (bicyclic) bond motifs is 13. The van der Waals surface area contributed by atoms with E-state index in [1.165, 1.54) is 92.9 Å². The Hall–Kier alpha value is -19.6. The Morgan fingerprint density at radius 3 is 0.840 bits per heavy atom. The highest BCUT2D eigenvalue weighted by atomic mass is 15.5. The minimum Gasteiger partial charge on any atom is -0.309 e. The van der Waals surface area contributed by atoms with Crippen LogP contribution in [0.15, 0.2) is 528 Å². The first-order chi connectivity index (χ1) is 71.4. The van der Waals surface area contributed by atoms with Gasteiger partial charge >= 0.3 is 0 Å². The van der Waals surface area contributed by atoms with Gasteiger partial charge in [-0.1, -0.05) is 358 Å². The van der Waals surface area contributed by atoms with E-state index in [9.17, 15) is 0 Å². The van der Waals surface area contributed by atoms with Crippen molar-refractivity contribution in [2.75, 3.05) is 0 Å². The van der Waals surface area contributed by atoms with E-state index in [0.717, 1.165) is 146 Å². The summed E-state index contributed by atoms with van der Waals surface area (Å²) in [6.07, 6.45) is 3.80. The van der Waals surface area contributed by atoms with Crippen molar-refractivity contribution in [2.24, 2.45) is 0 Å². The smallest absolute Gasteiger partial charge is 0.187 e. The van der Waals surface area contributed by atoms with Gasteiger partial charge in [-0.3, -0.25) is 9.55 Å². The van der Waals surface area contributed by atoms with E-state index in [2.05, 4.69) is 517 Å². The van der Waals surface area contributed by atoms with Gasteiger partial charge in [-0.15, -0.1) is 5.10 Å².